The number of carbonyl (C=O) groups excluding carboxylic acids is 1. The van der Waals surface area contributed by atoms with E-state index in [1.807, 2.05) is 13.8 Å². The van der Waals surface area contributed by atoms with E-state index in [2.05, 4.69) is 9.59 Å². The molecule has 1 aromatic rings. The number of aromatic nitrogens is 2. The number of methoxy groups -OCH3 is 1. The fourth-order valence-electron chi connectivity index (χ4n) is 0.931. The Morgan fingerprint density at radius 3 is 2.86 bits per heavy atom. The van der Waals surface area contributed by atoms with Crippen LogP contribution in [0, 0.1) is 0 Å². The van der Waals surface area contributed by atoms with Gasteiger partial charge in [0, 0.05) is 18.9 Å². The minimum atomic E-state index is -0.251. The van der Waals surface area contributed by atoms with Crippen molar-refractivity contribution in [1.82, 2.24) is 9.59 Å². The molecule has 0 aliphatic carbocycles. The fourth-order valence-corrected chi connectivity index (χ4v) is 1.39. The van der Waals surface area contributed by atoms with Gasteiger partial charge in [0.2, 0.25) is 0 Å². The van der Waals surface area contributed by atoms with E-state index in [9.17, 15) is 4.79 Å². The molecule has 0 atom stereocenters. The Morgan fingerprint density at radius 1 is 1.64 bits per heavy atom. The normalized spacial score (nSPS) is 11.6. The lowest BCUT2D eigenvalue weighted by Crippen LogP contribution is -2.23. The molecule has 4 nitrogen and oxygen atoms in total. The highest BCUT2D eigenvalue weighted by Crippen LogP contribution is 2.17. The third kappa shape index (κ3) is 3.16. The first-order valence-corrected chi connectivity index (χ1v) is 5.24. The summed E-state index contributed by atoms with van der Waals surface area (Å²) in [6.07, 6.45) is 1.14. The Labute approximate surface area is 87.5 Å². The predicted octanol–water partition coefficient (Wildman–Crippen LogP) is 1.93. The van der Waals surface area contributed by atoms with Gasteiger partial charge in [0.25, 0.3) is 0 Å². The summed E-state index contributed by atoms with van der Waals surface area (Å²) >= 11 is 1.19. The number of hydrogen-bond acceptors (Lipinski definition) is 5. The van der Waals surface area contributed by atoms with Gasteiger partial charge in [0.1, 0.15) is 5.69 Å². The third-order valence-electron chi connectivity index (χ3n) is 2.15. The molecule has 1 aromatic heterocycles. The van der Waals surface area contributed by atoms with Crippen molar-refractivity contribution >= 4 is 17.3 Å². The molecule has 0 N–H and O–H groups in total. The van der Waals surface area contributed by atoms with E-state index in [0.717, 1.165) is 0 Å². The quantitative estimate of drug-likeness (QED) is 0.703. The van der Waals surface area contributed by atoms with Gasteiger partial charge in [-0.25, -0.2) is 0 Å². The number of ether oxygens (including phenoxy) is 1. The van der Waals surface area contributed by atoms with Gasteiger partial charge in [-0.3, -0.25) is 4.79 Å². The van der Waals surface area contributed by atoms with Crippen LogP contribution < -0.4 is 0 Å². The van der Waals surface area contributed by atoms with Gasteiger partial charge in [0.15, 0.2) is 5.78 Å². The van der Waals surface area contributed by atoms with Crippen molar-refractivity contribution in [2.75, 3.05) is 7.11 Å². The summed E-state index contributed by atoms with van der Waals surface area (Å²) in [6, 6.07) is 0. The summed E-state index contributed by atoms with van der Waals surface area (Å²) in [6.45, 7) is 3.92. The molecule has 78 valence electrons. The van der Waals surface area contributed by atoms with Crippen LogP contribution in [0.3, 0.4) is 0 Å². The average molecular weight is 214 g/mol. The molecule has 0 bridgehead atoms. The molecule has 0 saturated carbocycles. The Kier molecular flexibility index (Phi) is 3.71. The van der Waals surface area contributed by atoms with Crippen molar-refractivity contribution in [1.29, 1.82) is 0 Å². The molecular weight excluding hydrogens is 200 g/mol. The van der Waals surface area contributed by atoms with Crippen molar-refractivity contribution in [2.45, 2.75) is 32.3 Å². The van der Waals surface area contributed by atoms with Gasteiger partial charge in [-0.2, -0.15) is 0 Å². The number of hydrogen-bond donors (Lipinski definition) is 0. The first kappa shape index (κ1) is 11.3. The van der Waals surface area contributed by atoms with Crippen LogP contribution in [0.25, 0.3) is 0 Å². The highest BCUT2D eigenvalue weighted by molar-refractivity contribution is 7.03. The molecule has 0 spiro atoms. The first-order chi connectivity index (χ1) is 6.55. The lowest BCUT2D eigenvalue weighted by atomic mass is 10.00. The maximum Gasteiger partial charge on any atom is 0.184 e. The summed E-state index contributed by atoms with van der Waals surface area (Å²) in [5.41, 5.74) is 0.209. The van der Waals surface area contributed by atoms with E-state index in [-0.39, 0.29) is 11.4 Å². The second-order valence-electron chi connectivity index (χ2n) is 3.68. The Balaban J connectivity index is 2.43. The van der Waals surface area contributed by atoms with Crippen molar-refractivity contribution in [3.8, 4) is 0 Å². The molecule has 0 saturated heterocycles. The smallest absolute Gasteiger partial charge is 0.184 e. The molecule has 0 radical (unpaired) electrons. The van der Waals surface area contributed by atoms with E-state index >= 15 is 0 Å². The largest absolute Gasteiger partial charge is 0.379 e. The molecule has 1 heterocycles. The van der Waals surface area contributed by atoms with E-state index in [1.165, 1.54) is 11.5 Å². The molecule has 0 aliphatic heterocycles. The Morgan fingerprint density at radius 2 is 2.36 bits per heavy atom. The Hall–Kier alpha value is -0.810. The maximum absolute atomic E-state index is 11.5. The predicted molar refractivity (Wildman–Crippen MR) is 54.6 cm³/mol. The molecule has 0 aromatic carbocycles. The van der Waals surface area contributed by atoms with Gasteiger partial charge in [0.05, 0.1) is 5.60 Å². The zero-order chi connectivity index (χ0) is 10.6. The Bertz CT molecular complexity index is 296. The summed E-state index contributed by atoms with van der Waals surface area (Å²) in [5, 5.41) is 5.39. The SMILES string of the molecule is COC(C)(C)CCC(=O)c1csnn1. The van der Waals surface area contributed by atoms with Crippen LogP contribution in [0.1, 0.15) is 37.2 Å². The molecule has 1 rings (SSSR count). The minimum absolute atomic E-state index is 0.0314. The summed E-state index contributed by atoms with van der Waals surface area (Å²) in [4.78, 5) is 11.5. The van der Waals surface area contributed by atoms with Crippen molar-refractivity contribution in [3.63, 3.8) is 0 Å². The molecule has 0 amide bonds. The van der Waals surface area contributed by atoms with Crippen LogP contribution in [0.4, 0.5) is 0 Å². The average Bonchev–Trinajstić information content (AvgIpc) is 2.67. The van der Waals surface area contributed by atoms with Gasteiger partial charge < -0.3 is 4.74 Å². The molecule has 5 heteroatoms. The summed E-state index contributed by atoms with van der Waals surface area (Å²) in [5.74, 6) is 0.0314. The summed E-state index contributed by atoms with van der Waals surface area (Å²) in [7, 11) is 1.65. The molecular formula is C9H14N2O2S. The number of ketones is 1. The third-order valence-corrected chi connectivity index (χ3v) is 2.66. The molecule has 0 aliphatic rings. The van der Waals surface area contributed by atoms with Crippen LogP contribution in [-0.2, 0) is 4.74 Å². The highest BCUT2D eigenvalue weighted by atomic mass is 32.1. The van der Waals surface area contributed by atoms with Crippen LogP contribution in [0.5, 0.6) is 0 Å². The number of Topliss-reactive ketones (excluding diaryl/α,β-unsaturated/α-hetero) is 1. The second kappa shape index (κ2) is 4.61. The van der Waals surface area contributed by atoms with Gasteiger partial charge in [-0.15, -0.1) is 5.10 Å². The standard InChI is InChI=1S/C9H14N2O2S/c1-9(2,13-3)5-4-8(12)7-6-14-11-10-7/h6H,4-5H2,1-3H3. The van der Waals surface area contributed by atoms with Crippen LogP contribution in [-0.4, -0.2) is 28.1 Å². The highest BCUT2D eigenvalue weighted by Gasteiger charge is 2.19. The van der Waals surface area contributed by atoms with E-state index in [4.69, 9.17) is 4.74 Å². The zero-order valence-corrected chi connectivity index (χ0v) is 9.43. The molecule has 14 heavy (non-hydrogen) atoms. The lowest BCUT2D eigenvalue weighted by Gasteiger charge is -2.21. The van der Waals surface area contributed by atoms with Gasteiger partial charge in [-0.1, -0.05) is 4.49 Å². The van der Waals surface area contributed by atoms with Gasteiger partial charge in [-0.05, 0) is 31.8 Å². The zero-order valence-electron chi connectivity index (χ0n) is 8.61. The van der Waals surface area contributed by atoms with Crippen LogP contribution >= 0.6 is 11.5 Å². The maximum atomic E-state index is 11.5. The molecule has 0 fully saturated rings. The first-order valence-electron chi connectivity index (χ1n) is 4.40. The van der Waals surface area contributed by atoms with Crippen LogP contribution in [0.15, 0.2) is 5.38 Å². The van der Waals surface area contributed by atoms with Gasteiger partial charge >= 0.3 is 0 Å². The number of nitrogens with zero attached hydrogens (tertiary/aromatic N) is 2. The number of carbonyl (C=O) groups is 1. The van der Waals surface area contributed by atoms with E-state index < -0.39 is 0 Å². The van der Waals surface area contributed by atoms with Crippen molar-refractivity contribution < 1.29 is 9.53 Å². The monoisotopic (exact) mass is 214 g/mol. The number of rotatable bonds is 5. The lowest BCUT2D eigenvalue weighted by molar-refractivity contribution is 0.0141. The topological polar surface area (TPSA) is 52.1 Å². The second-order valence-corrected chi connectivity index (χ2v) is 4.29. The van der Waals surface area contributed by atoms with E-state index in [1.54, 1.807) is 12.5 Å². The van der Waals surface area contributed by atoms with Crippen molar-refractivity contribution in [2.24, 2.45) is 0 Å². The van der Waals surface area contributed by atoms with E-state index in [0.29, 0.717) is 18.5 Å². The minimum Gasteiger partial charge on any atom is -0.379 e. The van der Waals surface area contributed by atoms with Crippen molar-refractivity contribution in [3.05, 3.63) is 11.1 Å². The van der Waals surface area contributed by atoms with Crippen LogP contribution in [0.2, 0.25) is 0 Å². The fraction of sp³-hybridized carbons (Fsp3) is 0.667. The summed E-state index contributed by atoms with van der Waals surface area (Å²) < 4.78 is 8.87. The molecule has 0 unspecified atom stereocenters.